The standard InChI is InChI=1S/C22H19FN4O2S/c1-14-3-4-15(12-19(14)23)11-18-13-24-22(30-18)25-21(28)20-9-10-27(26-20)16-5-7-17(29-2)8-6-16/h3-10,12-13H,11H2,1-2H3,(H,24,25,28). The van der Waals surface area contributed by atoms with Crippen LogP contribution in [0.4, 0.5) is 9.52 Å². The molecule has 2 heterocycles. The first-order valence-corrected chi connectivity index (χ1v) is 10.0. The van der Waals surface area contributed by atoms with Crippen LogP contribution >= 0.6 is 11.3 Å². The number of hydrogen-bond donors (Lipinski definition) is 1. The molecule has 0 fully saturated rings. The summed E-state index contributed by atoms with van der Waals surface area (Å²) >= 11 is 1.35. The zero-order valence-electron chi connectivity index (χ0n) is 16.4. The van der Waals surface area contributed by atoms with Crippen molar-refractivity contribution in [1.82, 2.24) is 14.8 Å². The van der Waals surface area contributed by atoms with Gasteiger partial charge in [-0.3, -0.25) is 10.1 Å². The number of halogens is 1. The minimum Gasteiger partial charge on any atom is -0.497 e. The number of aryl methyl sites for hydroxylation is 1. The second-order valence-electron chi connectivity index (χ2n) is 6.69. The molecule has 0 atom stereocenters. The molecule has 30 heavy (non-hydrogen) atoms. The third-order valence-electron chi connectivity index (χ3n) is 4.55. The van der Waals surface area contributed by atoms with E-state index in [4.69, 9.17) is 4.74 Å². The summed E-state index contributed by atoms with van der Waals surface area (Å²) < 4.78 is 20.5. The number of benzene rings is 2. The Morgan fingerprint density at radius 1 is 1.20 bits per heavy atom. The van der Waals surface area contributed by atoms with Crippen LogP contribution in [0.5, 0.6) is 5.75 Å². The Kier molecular flexibility index (Phi) is 5.58. The third-order valence-corrected chi connectivity index (χ3v) is 5.46. The Morgan fingerprint density at radius 3 is 2.73 bits per heavy atom. The highest BCUT2D eigenvalue weighted by Crippen LogP contribution is 2.23. The van der Waals surface area contributed by atoms with Crippen LogP contribution in [0.2, 0.25) is 0 Å². The summed E-state index contributed by atoms with van der Waals surface area (Å²) in [4.78, 5) is 17.7. The highest BCUT2D eigenvalue weighted by atomic mass is 32.1. The average molecular weight is 422 g/mol. The van der Waals surface area contributed by atoms with Crippen LogP contribution in [0.25, 0.3) is 5.69 Å². The molecule has 0 saturated heterocycles. The van der Waals surface area contributed by atoms with Gasteiger partial charge in [-0.2, -0.15) is 5.10 Å². The molecule has 6 nitrogen and oxygen atoms in total. The van der Waals surface area contributed by atoms with Crippen molar-refractivity contribution in [2.24, 2.45) is 0 Å². The fourth-order valence-corrected chi connectivity index (χ4v) is 3.72. The van der Waals surface area contributed by atoms with Gasteiger partial charge in [-0.15, -0.1) is 11.3 Å². The smallest absolute Gasteiger partial charge is 0.277 e. The van der Waals surface area contributed by atoms with E-state index in [2.05, 4.69) is 15.4 Å². The average Bonchev–Trinajstić information content (AvgIpc) is 3.41. The summed E-state index contributed by atoms with van der Waals surface area (Å²) in [6, 6.07) is 14.2. The number of hydrogen-bond acceptors (Lipinski definition) is 5. The molecule has 0 aliphatic carbocycles. The van der Waals surface area contributed by atoms with Crippen LogP contribution in [0.3, 0.4) is 0 Å². The maximum atomic E-state index is 13.7. The van der Waals surface area contributed by atoms with Gasteiger partial charge < -0.3 is 4.74 Å². The van der Waals surface area contributed by atoms with Crippen LogP contribution in [-0.2, 0) is 6.42 Å². The maximum Gasteiger partial charge on any atom is 0.277 e. The summed E-state index contributed by atoms with van der Waals surface area (Å²) in [6.07, 6.45) is 3.96. The SMILES string of the molecule is COc1ccc(-n2ccc(C(=O)Nc3ncc(Cc4ccc(C)c(F)c4)s3)n2)cc1. The lowest BCUT2D eigenvalue weighted by atomic mass is 10.1. The van der Waals surface area contributed by atoms with Gasteiger partial charge in [0, 0.05) is 23.7 Å². The first kappa shape index (κ1) is 19.8. The van der Waals surface area contributed by atoms with Crippen molar-refractivity contribution in [3.8, 4) is 11.4 Å². The van der Waals surface area contributed by atoms with Gasteiger partial charge in [0.15, 0.2) is 10.8 Å². The topological polar surface area (TPSA) is 69.0 Å². The molecule has 2 aromatic heterocycles. The monoisotopic (exact) mass is 422 g/mol. The molecule has 2 aromatic carbocycles. The summed E-state index contributed by atoms with van der Waals surface area (Å²) in [5.41, 5.74) is 2.57. The Bertz CT molecular complexity index is 1180. The van der Waals surface area contributed by atoms with Crippen molar-refractivity contribution in [2.45, 2.75) is 13.3 Å². The molecule has 0 bridgehead atoms. The molecule has 8 heteroatoms. The quantitative estimate of drug-likeness (QED) is 0.492. The largest absolute Gasteiger partial charge is 0.497 e. The number of nitrogens with zero attached hydrogens (tertiary/aromatic N) is 3. The van der Waals surface area contributed by atoms with E-state index in [1.807, 2.05) is 30.3 Å². The lowest BCUT2D eigenvalue weighted by Crippen LogP contribution is -2.12. The number of aromatic nitrogens is 3. The fourth-order valence-electron chi connectivity index (χ4n) is 2.88. The zero-order chi connectivity index (χ0) is 21.1. The van der Waals surface area contributed by atoms with E-state index in [-0.39, 0.29) is 17.4 Å². The number of amides is 1. The highest BCUT2D eigenvalue weighted by Gasteiger charge is 2.13. The lowest BCUT2D eigenvalue weighted by Gasteiger charge is -2.03. The number of nitrogens with one attached hydrogen (secondary N) is 1. The van der Waals surface area contributed by atoms with E-state index in [0.29, 0.717) is 17.1 Å². The van der Waals surface area contributed by atoms with Gasteiger partial charge in [0.05, 0.1) is 12.8 Å². The van der Waals surface area contributed by atoms with E-state index >= 15 is 0 Å². The van der Waals surface area contributed by atoms with E-state index < -0.39 is 0 Å². The minimum atomic E-state index is -0.343. The molecule has 152 valence electrons. The molecule has 1 N–H and O–H groups in total. The van der Waals surface area contributed by atoms with Gasteiger partial charge in [0.1, 0.15) is 11.6 Å². The number of ether oxygens (including phenoxy) is 1. The van der Waals surface area contributed by atoms with Crippen LogP contribution in [0.15, 0.2) is 60.9 Å². The highest BCUT2D eigenvalue weighted by molar-refractivity contribution is 7.15. The van der Waals surface area contributed by atoms with E-state index in [1.165, 1.54) is 17.4 Å². The first-order chi connectivity index (χ1) is 14.5. The van der Waals surface area contributed by atoms with Gasteiger partial charge in [-0.1, -0.05) is 12.1 Å². The minimum absolute atomic E-state index is 0.224. The predicted molar refractivity (Wildman–Crippen MR) is 114 cm³/mol. The number of rotatable bonds is 6. The molecule has 0 unspecified atom stereocenters. The van der Waals surface area contributed by atoms with E-state index in [9.17, 15) is 9.18 Å². The normalized spacial score (nSPS) is 10.8. The van der Waals surface area contributed by atoms with Crippen molar-refractivity contribution in [1.29, 1.82) is 0 Å². The number of anilines is 1. The fraction of sp³-hybridized carbons (Fsp3) is 0.136. The van der Waals surface area contributed by atoms with E-state index in [1.54, 1.807) is 43.2 Å². The van der Waals surface area contributed by atoms with Crippen LogP contribution in [0.1, 0.15) is 26.5 Å². The molecule has 0 aliphatic rings. The summed E-state index contributed by atoms with van der Waals surface area (Å²) in [5.74, 6) is 0.180. The van der Waals surface area contributed by atoms with E-state index in [0.717, 1.165) is 21.9 Å². The Balaban J connectivity index is 1.42. The first-order valence-electron chi connectivity index (χ1n) is 9.23. The Hall–Kier alpha value is -3.52. The van der Waals surface area contributed by atoms with Crippen LogP contribution in [-0.4, -0.2) is 27.8 Å². The second kappa shape index (κ2) is 8.46. The van der Waals surface area contributed by atoms with Gasteiger partial charge in [-0.05, 0) is 54.4 Å². The molecule has 1 amide bonds. The molecular weight excluding hydrogens is 403 g/mol. The van der Waals surface area contributed by atoms with Crippen LogP contribution in [0, 0.1) is 12.7 Å². The summed E-state index contributed by atoms with van der Waals surface area (Å²) in [5, 5.41) is 7.56. The summed E-state index contributed by atoms with van der Waals surface area (Å²) in [6.45, 7) is 1.73. The molecule has 4 rings (SSSR count). The molecule has 0 radical (unpaired) electrons. The molecule has 0 aliphatic heterocycles. The van der Waals surface area contributed by atoms with Crippen LogP contribution < -0.4 is 10.1 Å². The zero-order valence-corrected chi connectivity index (χ0v) is 17.2. The van der Waals surface area contributed by atoms with Gasteiger partial charge >= 0.3 is 0 Å². The van der Waals surface area contributed by atoms with Gasteiger partial charge in [0.2, 0.25) is 0 Å². The van der Waals surface area contributed by atoms with Crippen molar-refractivity contribution < 1.29 is 13.9 Å². The van der Waals surface area contributed by atoms with Crippen molar-refractivity contribution in [3.63, 3.8) is 0 Å². The van der Waals surface area contributed by atoms with Gasteiger partial charge in [0.25, 0.3) is 5.91 Å². The number of methoxy groups -OCH3 is 1. The maximum absolute atomic E-state index is 13.7. The van der Waals surface area contributed by atoms with Gasteiger partial charge in [-0.25, -0.2) is 14.1 Å². The number of carbonyl (C=O) groups excluding carboxylic acids is 1. The summed E-state index contributed by atoms with van der Waals surface area (Å²) in [7, 11) is 1.61. The third kappa shape index (κ3) is 4.38. The van der Waals surface area contributed by atoms with Crippen molar-refractivity contribution >= 4 is 22.4 Å². The predicted octanol–water partition coefficient (Wildman–Crippen LogP) is 4.63. The Morgan fingerprint density at radius 2 is 2.00 bits per heavy atom. The second-order valence-corrected chi connectivity index (χ2v) is 7.80. The van der Waals surface area contributed by atoms with Crippen molar-refractivity contribution in [3.05, 3.63) is 88.4 Å². The lowest BCUT2D eigenvalue weighted by molar-refractivity contribution is 0.102. The number of carbonyl (C=O) groups is 1. The number of thiazole rings is 1. The molecular formula is C22H19FN4O2S. The molecule has 0 spiro atoms. The molecule has 0 saturated carbocycles. The van der Waals surface area contributed by atoms with Crippen molar-refractivity contribution in [2.75, 3.05) is 12.4 Å². The Labute approximate surface area is 177 Å². The molecule has 4 aromatic rings.